The van der Waals surface area contributed by atoms with Crippen molar-refractivity contribution in [2.75, 3.05) is 7.11 Å². The van der Waals surface area contributed by atoms with Crippen molar-refractivity contribution >= 4 is 23.1 Å². The molecule has 1 N–H and O–H groups in total. The van der Waals surface area contributed by atoms with Gasteiger partial charge >= 0.3 is 0 Å². The Hall–Kier alpha value is -3.08. The van der Waals surface area contributed by atoms with Crippen molar-refractivity contribution in [3.8, 4) is 11.5 Å². The van der Waals surface area contributed by atoms with Crippen LogP contribution in [0.1, 0.15) is 11.4 Å². The first-order valence-corrected chi connectivity index (χ1v) is 7.11. The molecule has 0 fully saturated rings. The number of aromatic nitrogens is 2. The topological polar surface area (TPSA) is 64.3 Å². The van der Waals surface area contributed by atoms with Crippen molar-refractivity contribution in [3.05, 3.63) is 64.2 Å². The Balaban J connectivity index is 2.04. The summed E-state index contributed by atoms with van der Waals surface area (Å²) in [5.74, 6) is 1.04. The predicted molar refractivity (Wildman–Crippen MR) is 90.6 cm³/mol. The van der Waals surface area contributed by atoms with Crippen LogP contribution in [0.4, 0.5) is 0 Å². The predicted octanol–water partition coefficient (Wildman–Crippen LogP) is 2.82. The quantitative estimate of drug-likeness (QED) is 0.808. The number of benzene rings is 2. The highest BCUT2D eigenvalue weighted by atomic mass is 16.5. The number of fused-ring (bicyclic) bond motifs is 1. The summed E-state index contributed by atoms with van der Waals surface area (Å²) >= 11 is 0. The minimum absolute atomic E-state index is 0.0841. The van der Waals surface area contributed by atoms with Gasteiger partial charge in [-0.3, -0.25) is 9.36 Å². The minimum atomic E-state index is -0.0847. The van der Waals surface area contributed by atoms with Gasteiger partial charge in [0.25, 0.3) is 5.56 Å². The van der Waals surface area contributed by atoms with Crippen LogP contribution in [0.2, 0.25) is 0 Å². The molecule has 0 unspecified atom stereocenters. The molecule has 3 aromatic rings. The second-order valence-electron chi connectivity index (χ2n) is 5.12. The van der Waals surface area contributed by atoms with Gasteiger partial charge in [0.2, 0.25) is 0 Å². The number of hydrogen-bond acceptors (Lipinski definition) is 4. The van der Waals surface area contributed by atoms with Crippen molar-refractivity contribution < 1.29 is 9.84 Å². The molecule has 5 heteroatoms. The van der Waals surface area contributed by atoms with Crippen molar-refractivity contribution in [2.24, 2.45) is 7.05 Å². The van der Waals surface area contributed by atoms with Crippen molar-refractivity contribution in [1.29, 1.82) is 0 Å². The maximum absolute atomic E-state index is 12.3. The Bertz CT molecular complexity index is 958. The lowest BCUT2D eigenvalue weighted by Gasteiger charge is -2.06. The van der Waals surface area contributed by atoms with E-state index in [0.717, 1.165) is 5.56 Å². The van der Waals surface area contributed by atoms with E-state index in [1.807, 2.05) is 24.3 Å². The van der Waals surface area contributed by atoms with E-state index < -0.39 is 0 Å². The summed E-state index contributed by atoms with van der Waals surface area (Å²) in [5, 5.41) is 10.2. The molecular weight excluding hydrogens is 292 g/mol. The number of nitrogens with zero attached hydrogens (tertiary/aromatic N) is 2. The lowest BCUT2D eigenvalue weighted by Crippen LogP contribution is -2.20. The number of phenols is 1. The molecule has 0 aliphatic heterocycles. The molecule has 3 rings (SSSR count). The zero-order valence-electron chi connectivity index (χ0n) is 12.9. The molecule has 116 valence electrons. The smallest absolute Gasteiger partial charge is 0.261 e. The van der Waals surface area contributed by atoms with Gasteiger partial charge < -0.3 is 9.84 Å². The van der Waals surface area contributed by atoms with Crippen LogP contribution >= 0.6 is 0 Å². The van der Waals surface area contributed by atoms with E-state index in [4.69, 9.17) is 4.74 Å². The van der Waals surface area contributed by atoms with Gasteiger partial charge in [-0.15, -0.1) is 0 Å². The average molecular weight is 308 g/mol. The molecule has 5 nitrogen and oxygen atoms in total. The molecule has 1 aromatic heterocycles. The number of hydrogen-bond donors (Lipinski definition) is 1. The Morgan fingerprint density at radius 2 is 1.96 bits per heavy atom. The van der Waals surface area contributed by atoms with Gasteiger partial charge in [0.1, 0.15) is 5.82 Å². The summed E-state index contributed by atoms with van der Waals surface area (Å²) < 4.78 is 6.59. The molecule has 2 aromatic carbocycles. The van der Waals surface area contributed by atoms with Crippen molar-refractivity contribution in [1.82, 2.24) is 9.55 Å². The normalized spacial score (nSPS) is 11.2. The maximum Gasteiger partial charge on any atom is 0.261 e. The van der Waals surface area contributed by atoms with E-state index in [1.54, 1.807) is 37.4 Å². The van der Waals surface area contributed by atoms with E-state index in [1.165, 1.54) is 11.7 Å². The minimum Gasteiger partial charge on any atom is -0.504 e. The molecule has 0 radical (unpaired) electrons. The van der Waals surface area contributed by atoms with Crippen LogP contribution in [0.25, 0.3) is 23.1 Å². The lowest BCUT2D eigenvalue weighted by molar-refractivity contribution is 0.373. The first-order chi connectivity index (χ1) is 11.1. The summed E-state index contributed by atoms with van der Waals surface area (Å²) in [5.41, 5.74) is 1.42. The number of ether oxygens (including phenoxy) is 1. The highest BCUT2D eigenvalue weighted by Gasteiger charge is 2.05. The molecule has 1 heterocycles. The average Bonchev–Trinajstić information content (AvgIpc) is 2.58. The van der Waals surface area contributed by atoms with E-state index in [9.17, 15) is 9.90 Å². The Morgan fingerprint density at radius 3 is 2.74 bits per heavy atom. The molecule has 0 amide bonds. The molecule has 0 saturated heterocycles. The van der Waals surface area contributed by atoms with Gasteiger partial charge in [0.15, 0.2) is 11.5 Å². The second kappa shape index (κ2) is 5.96. The summed E-state index contributed by atoms with van der Waals surface area (Å²) in [4.78, 5) is 16.8. The number of rotatable bonds is 3. The monoisotopic (exact) mass is 308 g/mol. The molecule has 23 heavy (non-hydrogen) atoms. The van der Waals surface area contributed by atoms with Crippen LogP contribution in [-0.4, -0.2) is 21.8 Å². The zero-order chi connectivity index (χ0) is 16.4. The molecular formula is C18H16N2O3. The molecule has 0 aliphatic carbocycles. The number of aromatic hydroxyl groups is 1. The third-order valence-electron chi connectivity index (χ3n) is 3.65. The summed E-state index contributed by atoms with van der Waals surface area (Å²) in [7, 11) is 3.19. The highest BCUT2D eigenvalue weighted by Crippen LogP contribution is 2.27. The third-order valence-corrected chi connectivity index (χ3v) is 3.65. The summed E-state index contributed by atoms with van der Waals surface area (Å²) in [6.07, 6.45) is 3.58. The zero-order valence-corrected chi connectivity index (χ0v) is 12.9. The van der Waals surface area contributed by atoms with Crippen LogP contribution in [0.15, 0.2) is 47.3 Å². The molecule has 0 spiro atoms. The standard InChI is InChI=1S/C18H16N2O3/c1-20-17(19-14-6-4-3-5-13(14)18(20)22)10-8-12-7-9-15(21)16(11-12)23-2/h3-11,21H,1-2H3. The Labute approximate surface area is 133 Å². The van der Waals surface area contributed by atoms with Gasteiger partial charge in [0, 0.05) is 7.05 Å². The van der Waals surface area contributed by atoms with Gasteiger partial charge in [-0.05, 0) is 35.9 Å². The van der Waals surface area contributed by atoms with E-state index in [0.29, 0.717) is 22.5 Å². The fourth-order valence-corrected chi connectivity index (χ4v) is 2.35. The Morgan fingerprint density at radius 1 is 1.17 bits per heavy atom. The summed E-state index contributed by atoms with van der Waals surface area (Å²) in [6.45, 7) is 0. The number of methoxy groups -OCH3 is 1. The fraction of sp³-hybridized carbons (Fsp3) is 0.111. The summed E-state index contributed by atoms with van der Waals surface area (Å²) in [6, 6.07) is 12.3. The van der Waals surface area contributed by atoms with Crippen LogP contribution < -0.4 is 10.3 Å². The molecule has 0 aliphatic rings. The first-order valence-electron chi connectivity index (χ1n) is 7.11. The maximum atomic E-state index is 12.3. The number of para-hydroxylation sites is 1. The fourth-order valence-electron chi connectivity index (χ4n) is 2.35. The van der Waals surface area contributed by atoms with E-state index in [-0.39, 0.29) is 11.3 Å². The highest BCUT2D eigenvalue weighted by molar-refractivity contribution is 5.79. The van der Waals surface area contributed by atoms with Gasteiger partial charge in [-0.25, -0.2) is 4.98 Å². The molecule has 0 atom stereocenters. The SMILES string of the molecule is COc1cc(C=Cc2nc3ccccc3c(=O)n2C)ccc1O. The van der Waals surface area contributed by atoms with Gasteiger partial charge in [0.05, 0.1) is 18.0 Å². The third kappa shape index (κ3) is 2.81. The van der Waals surface area contributed by atoms with Crippen LogP contribution in [0.3, 0.4) is 0 Å². The van der Waals surface area contributed by atoms with Gasteiger partial charge in [-0.2, -0.15) is 0 Å². The van der Waals surface area contributed by atoms with Crippen LogP contribution in [0.5, 0.6) is 11.5 Å². The second-order valence-corrected chi connectivity index (χ2v) is 5.12. The van der Waals surface area contributed by atoms with Crippen LogP contribution in [-0.2, 0) is 7.05 Å². The molecule has 0 bridgehead atoms. The molecule has 0 saturated carbocycles. The first kappa shape index (κ1) is 14.8. The van der Waals surface area contributed by atoms with Crippen LogP contribution in [0, 0.1) is 0 Å². The Kier molecular flexibility index (Phi) is 3.85. The van der Waals surface area contributed by atoms with Crippen molar-refractivity contribution in [2.45, 2.75) is 0 Å². The number of phenolic OH excluding ortho intramolecular Hbond substituents is 1. The lowest BCUT2D eigenvalue weighted by atomic mass is 10.2. The largest absolute Gasteiger partial charge is 0.504 e. The van der Waals surface area contributed by atoms with Crippen molar-refractivity contribution in [3.63, 3.8) is 0 Å². The van der Waals surface area contributed by atoms with E-state index >= 15 is 0 Å². The van der Waals surface area contributed by atoms with E-state index in [2.05, 4.69) is 4.98 Å². The van der Waals surface area contributed by atoms with Gasteiger partial charge in [-0.1, -0.05) is 24.3 Å².